The van der Waals surface area contributed by atoms with E-state index in [1.807, 2.05) is 50.2 Å². The van der Waals surface area contributed by atoms with E-state index < -0.39 is 10.0 Å². The molecule has 1 N–H and O–H groups in total. The van der Waals surface area contributed by atoms with Gasteiger partial charge in [0.25, 0.3) is 0 Å². The Morgan fingerprint density at radius 3 is 1.60 bits per heavy atom. The van der Waals surface area contributed by atoms with Crippen molar-refractivity contribution in [1.82, 2.24) is 19.7 Å². The maximum absolute atomic E-state index is 11.1. The molecule has 1 aromatic heterocycles. The molecule has 1 aliphatic rings. The maximum atomic E-state index is 11.1. The van der Waals surface area contributed by atoms with Gasteiger partial charge in [0.1, 0.15) is 11.4 Å². The highest BCUT2D eigenvalue weighted by Crippen LogP contribution is 2.29. The Labute approximate surface area is 179 Å². The first-order valence-electron chi connectivity index (χ1n) is 10.4. The van der Waals surface area contributed by atoms with E-state index in [1.54, 1.807) is 4.80 Å². The second kappa shape index (κ2) is 9.53. The molecule has 3 aromatic rings. The Kier molecular flexibility index (Phi) is 7.05. The van der Waals surface area contributed by atoms with Gasteiger partial charge in [-0.25, -0.2) is 13.1 Å². The summed E-state index contributed by atoms with van der Waals surface area (Å²) in [7, 11) is -2.94. The molecule has 0 spiro atoms. The van der Waals surface area contributed by atoms with Crippen molar-refractivity contribution < 1.29 is 8.42 Å². The Morgan fingerprint density at radius 2 is 1.27 bits per heavy atom. The lowest BCUT2D eigenvalue weighted by Gasteiger charge is -2.07. The Bertz CT molecular complexity index is 984. The fourth-order valence-electron chi connectivity index (χ4n) is 2.94. The SMILES string of the molecule is CC(C)NS(=O)(=O)C1CC1.CC(C)n1nc(-c2ccccc2)c(-c2ccccc2)n1. The first kappa shape index (κ1) is 22.2. The molecule has 0 amide bonds. The van der Waals surface area contributed by atoms with Crippen molar-refractivity contribution >= 4 is 10.0 Å². The van der Waals surface area contributed by atoms with Crippen molar-refractivity contribution in [1.29, 1.82) is 0 Å². The standard InChI is InChI=1S/C17H17N3.C6H13NO2S/c1-13(2)20-18-16(14-9-5-3-6-10-14)17(19-20)15-11-7-4-8-12-15;1-5(2)7-10(8,9)6-3-4-6/h3-13H,1-2H3;5-7H,3-4H2,1-2H3. The summed E-state index contributed by atoms with van der Waals surface area (Å²) >= 11 is 0. The van der Waals surface area contributed by atoms with E-state index in [1.165, 1.54) is 0 Å². The monoisotopic (exact) mass is 426 g/mol. The van der Waals surface area contributed by atoms with Gasteiger partial charge in [0.15, 0.2) is 0 Å². The van der Waals surface area contributed by atoms with Crippen LogP contribution in [0.1, 0.15) is 46.6 Å². The van der Waals surface area contributed by atoms with Gasteiger partial charge in [-0.05, 0) is 40.5 Å². The molecule has 0 radical (unpaired) electrons. The van der Waals surface area contributed by atoms with Gasteiger partial charge >= 0.3 is 0 Å². The molecule has 0 unspecified atom stereocenters. The zero-order chi connectivity index (χ0) is 21.7. The van der Waals surface area contributed by atoms with Crippen molar-refractivity contribution in [3.63, 3.8) is 0 Å². The van der Waals surface area contributed by atoms with Gasteiger partial charge in [0, 0.05) is 17.2 Å². The van der Waals surface area contributed by atoms with Crippen LogP contribution in [-0.2, 0) is 10.0 Å². The summed E-state index contributed by atoms with van der Waals surface area (Å²) in [5.74, 6) is 0. The van der Waals surface area contributed by atoms with Crippen LogP contribution in [0.4, 0.5) is 0 Å². The largest absolute Gasteiger partial charge is 0.214 e. The first-order chi connectivity index (χ1) is 14.3. The summed E-state index contributed by atoms with van der Waals surface area (Å²) < 4.78 is 24.7. The lowest BCUT2D eigenvalue weighted by Crippen LogP contribution is -2.32. The van der Waals surface area contributed by atoms with Crippen LogP contribution in [0.3, 0.4) is 0 Å². The maximum Gasteiger partial charge on any atom is 0.214 e. The Morgan fingerprint density at radius 1 is 0.833 bits per heavy atom. The molecule has 0 bridgehead atoms. The number of nitrogens with zero attached hydrogens (tertiary/aromatic N) is 3. The highest BCUT2D eigenvalue weighted by atomic mass is 32.2. The van der Waals surface area contributed by atoms with Crippen molar-refractivity contribution in [2.45, 2.75) is 57.9 Å². The second-order valence-electron chi connectivity index (χ2n) is 8.06. The fraction of sp³-hybridized carbons (Fsp3) is 0.391. The summed E-state index contributed by atoms with van der Waals surface area (Å²) in [6.45, 7) is 7.84. The highest BCUT2D eigenvalue weighted by Gasteiger charge is 2.35. The molecule has 0 atom stereocenters. The number of nitrogens with one attached hydrogen (secondary N) is 1. The zero-order valence-electron chi connectivity index (χ0n) is 18.0. The van der Waals surface area contributed by atoms with Gasteiger partial charge in [-0.1, -0.05) is 60.7 Å². The van der Waals surface area contributed by atoms with Gasteiger partial charge in [0.05, 0.1) is 11.3 Å². The average molecular weight is 427 g/mol. The molecule has 1 aliphatic carbocycles. The molecule has 1 saturated carbocycles. The minimum absolute atomic E-state index is 0.0330. The fourth-order valence-corrected chi connectivity index (χ4v) is 4.54. The molecule has 6 nitrogen and oxygen atoms in total. The highest BCUT2D eigenvalue weighted by molar-refractivity contribution is 7.90. The van der Waals surface area contributed by atoms with Gasteiger partial charge in [0.2, 0.25) is 10.0 Å². The van der Waals surface area contributed by atoms with Crippen molar-refractivity contribution in [3.8, 4) is 22.5 Å². The summed E-state index contributed by atoms with van der Waals surface area (Å²) in [4.78, 5) is 1.78. The number of rotatable bonds is 6. The Balaban J connectivity index is 0.000000216. The van der Waals surface area contributed by atoms with Crippen LogP contribution in [0, 0.1) is 0 Å². The molecule has 7 heteroatoms. The van der Waals surface area contributed by atoms with E-state index in [4.69, 9.17) is 0 Å². The van der Waals surface area contributed by atoms with E-state index in [0.717, 1.165) is 35.4 Å². The summed E-state index contributed by atoms with van der Waals surface area (Å²) in [5, 5.41) is 9.24. The minimum Gasteiger partial charge on any atom is -0.212 e. The normalized spacial score (nSPS) is 13.9. The lowest BCUT2D eigenvalue weighted by molar-refractivity contribution is 0.468. The van der Waals surface area contributed by atoms with Crippen LogP contribution in [0.5, 0.6) is 0 Å². The molecule has 1 fully saturated rings. The van der Waals surface area contributed by atoms with Crippen molar-refractivity contribution in [2.24, 2.45) is 0 Å². The van der Waals surface area contributed by atoms with Gasteiger partial charge < -0.3 is 0 Å². The summed E-state index contributed by atoms with van der Waals surface area (Å²) in [5.41, 5.74) is 4.06. The Hall–Kier alpha value is -2.51. The smallest absolute Gasteiger partial charge is 0.212 e. The van der Waals surface area contributed by atoms with Crippen LogP contribution in [-0.4, -0.2) is 34.7 Å². The molecular weight excluding hydrogens is 396 g/mol. The van der Waals surface area contributed by atoms with Gasteiger partial charge in [-0.3, -0.25) is 0 Å². The van der Waals surface area contributed by atoms with Gasteiger partial charge in [-0.15, -0.1) is 0 Å². The molecule has 2 aromatic carbocycles. The van der Waals surface area contributed by atoms with Crippen LogP contribution >= 0.6 is 0 Å². The van der Waals surface area contributed by atoms with E-state index in [2.05, 4.69) is 53.0 Å². The van der Waals surface area contributed by atoms with Crippen molar-refractivity contribution in [2.75, 3.05) is 0 Å². The van der Waals surface area contributed by atoms with Crippen LogP contribution in [0.25, 0.3) is 22.5 Å². The van der Waals surface area contributed by atoms with Crippen LogP contribution in [0.2, 0.25) is 0 Å². The van der Waals surface area contributed by atoms with E-state index >= 15 is 0 Å². The number of hydrogen-bond acceptors (Lipinski definition) is 4. The quantitative estimate of drug-likeness (QED) is 0.621. The van der Waals surface area contributed by atoms with E-state index in [9.17, 15) is 8.42 Å². The molecule has 160 valence electrons. The lowest BCUT2D eigenvalue weighted by atomic mass is 10.1. The zero-order valence-corrected chi connectivity index (χ0v) is 18.8. The minimum atomic E-state index is -2.94. The molecule has 0 saturated heterocycles. The van der Waals surface area contributed by atoms with E-state index in [0.29, 0.717) is 0 Å². The van der Waals surface area contributed by atoms with E-state index in [-0.39, 0.29) is 17.3 Å². The molecular formula is C23H30N4O2S. The molecule has 1 heterocycles. The molecule has 0 aliphatic heterocycles. The molecule has 4 rings (SSSR count). The second-order valence-corrected chi connectivity index (χ2v) is 10.1. The number of benzene rings is 2. The topological polar surface area (TPSA) is 76.9 Å². The molecule has 30 heavy (non-hydrogen) atoms. The third kappa shape index (κ3) is 5.77. The number of aromatic nitrogens is 3. The van der Waals surface area contributed by atoms with Crippen LogP contribution in [0.15, 0.2) is 60.7 Å². The number of hydrogen-bond donors (Lipinski definition) is 1. The third-order valence-corrected chi connectivity index (χ3v) is 6.70. The van der Waals surface area contributed by atoms with Gasteiger partial charge in [-0.2, -0.15) is 15.0 Å². The van der Waals surface area contributed by atoms with Crippen LogP contribution < -0.4 is 4.72 Å². The summed E-state index contributed by atoms with van der Waals surface area (Å²) in [6, 6.07) is 20.7. The average Bonchev–Trinajstić information content (AvgIpc) is 3.48. The predicted octanol–water partition coefficient (Wildman–Crippen LogP) is 4.67. The summed E-state index contributed by atoms with van der Waals surface area (Å²) in [6.07, 6.45) is 1.67. The number of sulfonamides is 1. The first-order valence-corrected chi connectivity index (χ1v) is 11.9. The predicted molar refractivity (Wildman–Crippen MR) is 121 cm³/mol. The van der Waals surface area contributed by atoms with Crippen molar-refractivity contribution in [3.05, 3.63) is 60.7 Å². The third-order valence-electron chi connectivity index (χ3n) is 4.55.